The summed E-state index contributed by atoms with van der Waals surface area (Å²) in [6.45, 7) is 0.293. The first kappa shape index (κ1) is 23.9. The molecule has 2 heterocycles. The maximum absolute atomic E-state index is 14.3. The Morgan fingerprint density at radius 1 is 1.31 bits per heavy atom. The summed E-state index contributed by atoms with van der Waals surface area (Å²) in [5.74, 6) is -4.00. The van der Waals surface area contributed by atoms with E-state index in [0.717, 1.165) is 31.1 Å². The van der Waals surface area contributed by atoms with Gasteiger partial charge in [0.2, 0.25) is 11.7 Å². The van der Waals surface area contributed by atoms with Gasteiger partial charge in [0, 0.05) is 24.7 Å². The summed E-state index contributed by atoms with van der Waals surface area (Å²) < 4.78 is 85.8. The highest BCUT2D eigenvalue weighted by atomic mass is 32.2. The summed E-state index contributed by atoms with van der Waals surface area (Å²) in [7, 11) is -0.387. The molecule has 1 amide bonds. The number of halogens is 5. The number of hydrogen-bond donors (Lipinski definition) is 1. The number of ether oxygens (including phenoxy) is 1. The predicted octanol–water partition coefficient (Wildman–Crippen LogP) is 3.89. The molecule has 1 aliphatic rings. The minimum atomic E-state index is -4.66. The molecule has 1 aliphatic heterocycles. The zero-order chi connectivity index (χ0) is 23.8. The average Bonchev–Trinajstić information content (AvgIpc) is 3.09. The van der Waals surface area contributed by atoms with Gasteiger partial charge in [0.05, 0.1) is 29.0 Å². The number of amides is 1. The van der Waals surface area contributed by atoms with Crippen LogP contribution in [0, 0.1) is 17.0 Å². The molecule has 1 aromatic carbocycles. The predicted molar refractivity (Wildman–Crippen MR) is 108 cm³/mol. The minimum Gasteiger partial charge on any atom is -0.491 e. The normalized spacial score (nSPS) is 22.0. The van der Waals surface area contributed by atoms with Crippen LogP contribution in [0.15, 0.2) is 35.5 Å². The van der Waals surface area contributed by atoms with E-state index in [2.05, 4.69) is 10.3 Å². The highest BCUT2D eigenvalue weighted by Crippen LogP contribution is 2.50. The van der Waals surface area contributed by atoms with Crippen LogP contribution in [-0.2, 0) is 15.6 Å². The van der Waals surface area contributed by atoms with E-state index in [1.165, 1.54) is 24.6 Å². The second-order valence-corrected chi connectivity index (χ2v) is 8.97. The Bertz CT molecular complexity index is 1070. The Balaban J connectivity index is 2.01. The standard InChI is InChI=1S/C20H20F5N3O3S/c1-19(20(23,24)25)9-14(18(29)27-11-6-7-26-15(8-11)32(3)30)28(10-19)13-5-4-12(21)16(22)17(13)31-2/h4-8,14H,9-10H2,1-3H3,(H,26,27,29). The molecule has 12 heteroatoms. The van der Waals surface area contributed by atoms with Gasteiger partial charge in [-0.2, -0.15) is 17.6 Å². The van der Waals surface area contributed by atoms with Gasteiger partial charge in [-0.3, -0.25) is 9.00 Å². The summed E-state index contributed by atoms with van der Waals surface area (Å²) in [5, 5.41) is 2.68. The fraction of sp³-hybridized carbons (Fsp3) is 0.400. The van der Waals surface area contributed by atoms with Crippen molar-refractivity contribution in [1.82, 2.24) is 4.98 Å². The average molecular weight is 477 g/mol. The summed E-state index contributed by atoms with van der Waals surface area (Å²) in [5.41, 5.74) is -2.28. The number of nitrogens with one attached hydrogen (secondary N) is 1. The van der Waals surface area contributed by atoms with E-state index in [4.69, 9.17) is 4.74 Å². The maximum Gasteiger partial charge on any atom is 0.396 e. The third kappa shape index (κ3) is 4.41. The second kappa shape index (κ2) is 8.64. The first-order chi connectivity index (χ1) is 14.9. The zero-order valence-electron chi connectivity index (χ0n) is 17.3. The molecule has 3 rings (SSSR count). The second-order valence-electron chi connectivity index (χ2n) is 7.65. The van der Waals surface area contributed by atoms with Gasteiger partial charge < -0.3 is 15.0 Å². The minimum absolute atomic E-state index is 0.175. The van der Waals surface area contributed by atoms with Crippen LogP contribution in [0.5, 0.6) is 5.75 Å². The maximum atomic E-state index is 14.3. The van der Waals surface area contributed by atoms with Gasteiger partial charge in [-0.25, -0.2) is 9.37 Å². The topological polar surface area (TPSA) is 71.5 Å². The first-order valence-corrected chi connectivity index (χ1v) is 10.9. The lowest BCUT2D eigenvalue weighted by Crippen LogP contribution is -2.40. The molecule has 2 aromatic rings. The lowest BCUT2D eigenvalue weighted by Gasteiger charge is -2.29. The molecule has 0 spiro atoms. The van der Waals surface area contributed by atoms with Gasteiger partial charge in [-0.05, 0) is 37.6 Å². The van der Waals surface area contributed by atoms with Gasteiger partial charge >= 0.3 is 6.18 Å². The molecule has 0 saturated carbocycles. The van der Waals surface area contributed by atoms with Gasteiger partial charge in [0.15, 0.2) is 11.6 Å². The SMILES string of the molecule is COc1c(N2CC(C)(C(F)(F)F)CC2C(=O)Nc2ccnc(S(C)=O)c2)ccc(F)c1F. The Morgan fingerprint density at radius 3 is 2.59 bits per heavy atom. The molecule has 0 aliphatic carbocycles. The van der Waals surface area contributed by atoms with Crippen LogP contribution in [0.4, 0.5) is 33.3 Å². The number of nitrogens with zero attached hydrogens (tertiary/aromatic N) is 2. The Hall–Kier alpha value is -2.76. The summed E-state index contributed by atoms with van der Waals surface area (Å²) in [4.78, 5) is 18.0. The number of carbonyl (C=O) groups is 1. The molecular formula is C20H20F5N3O3S. The fourth-order valence-corrected chi connectivity index (χ4v) is 4.09. The smallest absolute Gasteiger partial charge is 0.396 e. The number of methoxy groups -OCH3 is 1. The lowest BCUT2D eigenvalue weighted by molar-refractivity contribution is -0.210. The van der Waals surface area contributed by atoms with Crippen LogP contribution in [0.2, 0.25) is 0 Å². The molecule has 1 aromatic heterocycles. The Labute approximate surface area is 183 Å². The highest BCUT2D eigenvalue weighted by molar-refractivity contribution is 7.84. The molecule has 1 saturated heterocycles. The Morgan fingerprint density at radius 2 is 2.00 bits per heavy atom. The lowest BCUT2D eigenvalue weighted by atomic mass is 9.87. The number of rotatable bonds is 5. The third-order valence-corrected chi connectivity index (χ3v) is 6.18. The molecule has 3 unspecified atom stereocenters. The van der Waals surface area contributed by atoms with E-state index in [-0.39, 0.29) is 16.4 Å². The van der Waals surface area contributed by atoms with Gasteiger partial charge in [0.1, 0.15) is 11.1 Å². The van der Waals surface area contributed by atoms with Crippen molar-refractivity contribution >= 4 is 28.1 Å². The van der Waals surface area contributed by atoms with Crippen molar-refractivity contribution in [1.29, 1.82) is 0 Å². The quantitative estimate of drug-likeness (QED) is 0.662. The monoisotopic (exact) mass is 477 g/mol. The Kier molecular flexibility index (Phi) is 6.45. The van der Waals surface area contributed by atoms with Crippen LogP contribution in [-0.4, -0.2) is 47.2 Å². The largest absolute Gasteiger partial charge is 0.491 e. The van der Waals surface area contributed by atoms with Crippen molar-refractivity contribution in [3.63, 3.8) is 0 Å². The molecule has 6 nitrogen and oxygen atoms in total. The van der Waals surface area contributed by atoms with Gasteiger partial charge in [0.25, 0.3) is 0 Å². The van der Waals surface area contributed by atoms with E-state index in [9.17, 15) is 31.0 Å². The molecule has 32 heavy (non-hydrogen) atoms. The van der Waals surface area contributed by atoms with Crippen molar-refractivity contribution < 1.29 is 35.7 Å². The molecule has 3 atom stereocenters. The van der Waals surface area contributed by atoms with Crippen molar-refractivity contribution in [2.24, 2.45) is 5.41 Å². The molecular weight excluding hydrogens is 457 g/mol. The fourth-order valence-electron chi connectivity index (χ4n) is 3.59. The highest BCUT2D eigenvalue weighted by Gasteiger charge is 2.59. The van der Waals surface area contributed by atoms with Crippen LogP contribution in [0.1, 0.15) is 13.3 Å². The summed E-state index contributed by atoms with van der Waals surface area (Å²) in [6, 6.07) is 3.20. The molecule has 0 radical (unpaired) electrons. The van der Waals surface area contributed by atoms with E-state index in [1.807, 2.05) is 0 Å². The molecule has 1 fully saturated rings. The van der Waals surface area contributed by atoms with E-state index < -0.39 is 64.7 Å². The van der Waals surface area contributed by atoms with Crippen LogP contribution in [0.25, 0.3) is 0 Å². The first-order valence-electron chi connectivity index (χ1n) is 9.33. The van der Waals surface area contributed by atoms with Crippen LogP contribution >= 0.6 is 0 Å². The van der Waals surface area contributed by atoms with Crippen LogP contribution < -0.4 is 15.0 Å². The van der Waals surface area contributed by atoms with Gasteiger partial charge in [-0.1, -0.05) is 0 Å². The number of alkyl halides is 3. The van der Waals surface area contributed by atoms with E-state index in [0.29, 0.717) is 0 Å². The number of aromatic nitrogens is 1. The van der Waals surface area contributed by atoms with Gasteiger partial charge in [-0.15, -0.1) is 0 Å². The number of carbonyl (C=O) groups excluding carboxylic acids is 1. The molecule has 0 bridgehead atoms. The number of anilines is 2. The van der Waals surface area contributed by atoms with E-state index >= 15 is 0 Å². The van der Waals surface area contributed by atoms with Crippen molar-refractivity contribution in [2.45, 2.75) is 30.6 Å². The number of pyridine rings is 1. The number of benzene rings is 1. The summed E-state index contributed by atoms with van der Waals surface area (Å²) in [6.07, 6.45) is -2.59. The van der Waals surface area contributed by atoms with Crippen LogP contribution in [0.3, 0.4) is 0 Å². The third-order valence-electron chi connectivity index (χ3n) is 5.37. The van der Waals surface area contributed by atoms with E-state index in [1.54, 1.807) is 0 Å². The number of hydrogen-bond acceptors (Lipinski definition) is 5. The zero-order valence-corrected chi connectivity index (χ0v) is 18.1. The van der Waals surface area contributed by atoms with Crippen molar-refractivity contribution in [3.05, 3.63) is 42.1 Å². The summed E-state index contributed by atoms with van der Waals surface area (Å²) >= 11 is 0. The van der Waals surface area contributed by atoms with Crippen molar-refractivity contribution in [3.8, 4) is 5.75 Å². The van der Waals surface area contributed by atoms with Crippen molar-refractivity contribution in [2.75, 3.05) is 30.1 Å². The molecule has 1 N–H and O–H groups in total. The molecule has 174 valence electrons.